The molecule has 3 amide bonds. The summed E-state index contributed by atoms with van der Waals surface area (Å²) < 4.78 is 6.47. The van der Waals surface area contributed by atoms with Gasteiger partial charge in [-0.3, -0.25) is 25.2 Å². The van der Waals surface area contributed by atoms with E-state index in [1.165, 1.54) is 12.0 Å². The van der Waals surface area contributed by atoms with Crippen molar-refractivity contribution in [3.05, 3.63) is 94.0 Å². The highest BCUT2D eigenvalue weighted by Gasteiger charge is 2.21. The molecule has 0 unspecified atom stereocenters. The fourth-order valence-corrected chi connectivity index (χ4v) is 4.75. The van der Waals surface area contributed by atoms with Gasteiger partial charge in [0.2, 0.25) is 5.91 Å². The number of hydrogen-bond donors (Lipinski definition) is 3. The van der Waals surface area contributed by atoms with Gasteiger partial charge in [-0.1, -0.05) is 49.6 Å². The molecule has 37 heavy (non-hydrogen) atoms. The van der Waals surface area contributed by atoms with Crippen molar-refractivity contribution in [3.63, 3.8) is 0 Å². The molecule has 8 heteroatoms. The van der Waals surface area contributed by atoms with E-state index in [0.29, 0.717) is 33.6 Å². The molecule has 1 saturated carbocycles. The number of hydrazine groups is 1. The van der Waals surface area contributed by atoms with Crippen LogP contribution in [0, 0.1) is 5.92 Å². The van der Waals surface area contributed by atoms with E-state index >= 15 is 0 Å². The third kappa shape index (κ3) is 7.67. The summed E-state index contributed by atoms with van der Waals surface area (Å²) in [4.78, 5) is 37.4. The first-order chi connectivity index (χ1) is 18.0. The number of benzene rings is 3. The first-order valence-electron chi connectivity index (χ1n) is 12.5. The van der Waals surface area contributed by atoms with Crippen LogP contribution in [-0.4, -0.2) is 24.3 Å². The Labute approximate surface area is 225 Å². The summed E-state index contributed by atoms with van der Waals surface area (Å²) in [7, 11) is 0. The number of carbonyl (C=O) groups excluding carboxylic acids is 3. The lowest BCUT2D eigenvalue weighted by atomic mass is 9.88. The zero-order valence-electron chi connectivity index (χ0n) is 20.5. The molecule has 0 saturated heterocycles. The van der Waals surface area contributed by atoms with Gasteiger partial charge >= 0.3 is 0 Å². The van der Waals surface area contributed by atoms with E-state index in [2.05, 4.69) is 32.1 Å². The Hall–Kier alpha value is -3.65. The predicted molar refractivity (Wildman–Crippen MR) is 146 cm³/mol. The highest BCUT2D eigenvalue weighted by Crippen LogP contribution is 2.27. The highest BCUT2D eigenvalue weighted by atomic mass is 79.9. The van der Waals surface area contributed by atoms with Gasteiger partial charge in [-0.2, -0.15) is 0 Å². The minimum atomic E-state index is -0.460. The Morgan fingerprint density at radius 3 is 2.14 bits per heavy atom. The molecule has 0 atom stereocenters. The standard InChI is InChI=1S/C29H30BrN3O4/c30-25-19-23(13-16-26(25)37-18-17-20-7-3-1-4-8-20)29(36)33-32-28(35)22-11-14-24(15-12-22)31-27(34)21-9-5-2-6-10-21/h1,3-4,7-8,11-16,19,21H,2,5-6,9-10,17-18H2,(H,31,34)(H,32,35)(H,33,36). The maximum atomic E-state index is 12.5. The third-order valence-electron chi connectivity index (χ3n) is 6.37. The topological polar surface area (TPSA) is 96.5 Å². The van der Waals surface area contributed by atoms with Gasteiger partial charge < -0.3 is 10.1 Å². The Kier molecular flexibility index (Phi) is 9.32. The molecule has 4 rings (SSSR count). The molecule has 0 heterocycles. The van der Waals surface area contributed by atoms with E-state index < -0.39 is 11.8 Å². The molecular formula is C29H30BrN3O4. The summed E-state index contributed by atoms with van der Waals surface area (Å²) in [6.07, 6.45) is 5.99. The van der Waals surface area contributed by atoms with E-state index in [4.69, 9.17) is 4.74 Å². The largest absolute Gasteiger partial charge is 0.492 e. The Morgan fingerprint density at radius 2 is 1.46 bits per heavy atom. The number of rotatable bonds is 8. The Morgan fingerprint density at radius 1 is 0.811 bits per heavy atom. The second-order valence-corrected chi connectivity index (χ2v) is 9.89. The van der Waals surface area contributed by atoms with Crippen molar-refractivity contribution in [2.45, 2.75) is 38.5 Å². The quantitative estimate of drug-likeness (QED) is 0.308. The number of halogens is 1. The summed E-state index contributed by atoms with van der Waals surface area (Å²) in [6, 6.07) is 21.6. The van der Waals surface area contributed by atoms with Gasteiger partial charge in [0.1, 0.15) is 5.75 Å². The first-order valence-corrected chi connectivity index (χ1v) is 13.3. The molecule has 3 N–H and O–H groups in total. The maximum Gasteiger partial charge on any atom is 0.269 e. The minimum Gasteiger partial charge on any atom is -0.492 e. The van der Waals surface area contributed by atoms with Crippen LogP contribution >= 0.6 is 15.9 Å². The SMILES string of the molecule is O=C(NNC(=O)c1ccc(OCCc2ccccc2)c(Br)c1)c1ccc(NC(=O)C2CCCCC2)cc1. The number of anilines is 1. The molecule has 1 fully saturated rings. The van der Waals surface area contributed by atoms with Crippen molar-refractivity contribution in [3.8, 4) is 5.75 Å². The molecule has 192 valence electrons. The van der Waals surface area contributed by atoms with Gasteiger partial charge in [0.25, 0.3) is 11.8 Å². The lowest BCUT2D eigenvalue weighted by molar-refractivity contribution is -0.120. The third-order valence-corrected chi connectivity index (χ3v) is 6.99. The van der Waals surface area contributed by atoms with E-state index in [1.807, 2.05) is 30.3 Å². The summed E-state index contributed by atoms with van der Waals surface area (Å²) in [5.41, 5.74) is 7.41. The Balaban J connectivity index is 1.24. The van der Waals surface area contributed by atoms with Crippen molar-refractivity contribution in [1.82, 2.24) is 10.9 Å². The van der Waals surface area contributed by atoms with Crippen LogP contribution in [0.15, 0.2) is 77.3 Å². The number of ether oxygens (including phenoxy) is 1. The molecule has 0 bridgehead atoms. The zero-order chi connectivity index (χ0) is 26.0. The van der Waals surface area contributed by atoms with Gasteiger partial charge in [-0.15, -0.1) is 0 Å². The van der Waals surface area contributed by atoms with Gasteiger partial charge in [0.15, 0.2) is 0 Å². The van der Waals surface area contributed by atoms with E-state index in [1.54, 1.807) is 42.5 Å². The molecule has 1 aliphatic carbocycles. The normalized spacial score (nSPS) is 13.4. The molecule has 0 radical (unpaired) electrons. The maximum absolute atomic E-state index is 12.5. The van der Waals surface area contributed by atoms with E-state index in [9.17, 15) is 14.4 Å². The van der Waals surface area contributed by atoms with Crippen molar-refractivity contribution in [2.24, 2.45) is 5.92 Å². The fourth-order valence-electron chi connectivity index (χ4n) is 4.25. The molecule has 3 aromatic rings. The van der Waals surface area contributed by atoms with Crippen molar-refractivity contribution < 1.29 is 19.1 Å². The summed E-state index contributed by atoms with van der Waals surface area (Å²) >= 11 is 3.45. The van der Waals surface area contributed by atoms with Crippen molar-refractivity contribution >= 4 is 39.3 Å². The van der Waals surface area contributed by atoms with Crippen LogP contribution in [0.1, 0.15) is 58.4 Å². The van der Waals surface area contributed by atoms with E-state index in [0.717, 1.165) is 32.1 Å². The van der Waals surface area contributed by atoms with Crippen LogP contribution in [0.4, 0.5) is 5.69 Å². The van der Waals surface area contributed by atoms with Gasteiger partial charge in [0.05, 0.1) is 11.1 Å². The van der Waals surface area contributed by atoms with Crippen LogP contribution < -0.4 is 20.9 Å². The lowest BCUT2D eigenvalue weighted by Gasteiger charge is -2.20. The Bertz CT molecular complexity index is 1230. The smallest absolute Gasteiger partial charge is 0.269 e. The highest BCUT2D eigenvalue weighted by molar-refractivity contribution is 9.10. The fraction of sp³-hybridized carbons (Fsp3) is 0.276. The summed E-state index contributed by atoms with van der Waals surface area (Å²) in [5, 5.41) is 2.93. The summed E-state index contributed by atoms with van der Waals surface area (Å²) in [6.45, 7) is 0.507. The average molecular weight is 564 g/mol. The molecule has 0 aromatic heterocycles. The van der Waals surface area contributed by atoms with Crippen LogP contribution in [0.2, 0.25) is 0 Å². The van der Waals surface area contributed by atoms with Crippen molar-refractivity contribution in [1.29, 1.82) is 0 Å². The predicted octanol–water partition coefficient (Wildman–Crippen LogP) is 5.66. The molecule has 1 aliphatic rings. The molecule has 0 aliphatic heterocycles. The summed E-state index contributed by atoms with van der Waals surface area (Å²) in [5.74, 6) is -0.197. The van der Waals surface area contributed by atoms with Gasteiger partial charge in [-0.05, 0) is 76.8 Å². The first kappa shape index (κ1) is 26.4. The molecule has 7 nitrogen and oxygen atoms in total. The average Bonchev–Trinajstić information content (AvgIpc) is 2.94. The van der Waals surface area contributed by atoms with Crippen LogP contribution in [0.5, 0.6) is 5.75 Å². The lowest BCUT2D eigenvalue weighted by Crippen LogP contribution is -2.41. The monoisotopic (exact) mass is 563 g/mol. The van der Waals surface area contributed by atoms with Gasteiger partial charge in [0, 0.05) is 29.2 Å². The molecule has 0 spiro atoms. The number of nitrogens with one attached hydrogen (secondary N) is 3. The second kappa shape index (κ2) is 13.1. The van der Waals surface area contributed by atoms with Crippen LogP contribution in [-0.2, 0) is 11.2 Å². The molecule has 3 aromatic carbocycles. The second-order valence-electron chi connectivity index (χ2n) is 9.04. The van der Waals surface area contributed by atoms with Crippen LogP contribution in [0.3, 0.4) is 0 Å². The molecular weight excluding hydrogens is 534 g/mol. The number of hydrogen-bond acceptors (Lipinski definition) is 4. The van der Waals surface area contributed by atoms with Gasteiger partial charge in [-0.25, -0.2) is 0 Å². The van der Waals surface area contributed by atoms with E-state index in [-0.39, 0.29) is 11.8 Å². The minimum absolute atomic E-state index is 0.0305. The van der Waals surface area contributed by atoms with Crippen LogP contribution in [0.25, 0.3) is 0 Å². The number of carbonyl (C=O) groups is 3. The van der Waals surface area contributed by atoms with Crippen molar-refractivity contribution in [2.75, 3.05) is 11.9 Å². The zero-order valence-corrected chi connectivity index (χ0v) is 22.1. The number of amides is 3.